The predicted octanol–water partition coefficient (Wildman–Crippen LogP) is 2.60. The van der Waals surface area contributed by atoms with Crippen molar-refractivity contribution >= 4 is 44.4 Å². The van der Waals surface area contributed by atoms with Crippen LogP contribution in [0.3, 0.4) is 0 Å². The van der Waals surface area contributed by atoms with E-state index >= 15 is 0 Å². The summed E-state index contributed by atoms with van der Waals surface area (Å²) in [5, 5.41) is 17.8. The Labute approximate surface area is 174 Å². The number of rotatable bonds is 5. The molecule has 0 spiro atoms. The van der Waals surface area contributed by atoms with Crippen molar-refractivity contribution in [3.63, 3.8) is 0 Å². The highest BCUT2D eigenvalue weighted by Crippen LogP contribution is 2.24. The van der Waals surface area contributed by atoms with Gasteiger partial charge in [0.2, 0.25) is 11.7 Å². The molecule has 1 aromatic heterocycles. The van der Waals surface area contributed by atoms with E-state index in [2.05, 4.69) is 36.1 Å². The second kappa shape index (κ2) is 7.45. The summed E-state index contributed by atoms with van der Waals surface area (Å²) in [4.78, 5) is 9.05. The minimum atomic E-state index is -3.11. The summed E-state index contributed by atoms with van der Waals surface area (Å²) in [6.07, 6.45) is 2.79. The fourth-order valence-electron chi connectivity index (χ4n) is 3.30. The minimum Gasteiger partial charge on any atom is -0.343 e. The van der Waals surface area contributed by atoms with Gasteiger partial charge in [0.25, 0.3) is 0 Å². The molecule has 4 N–H and O–H groups in total. The fraction of sp³-hybridized carbons (Fsp3) is 0.250. The highest BCUT2D eigenvalue weighted by atomic mass is 32.2. The van der Waals surface area contributed by atoms with E-state index in [1.165, 1.54) is 6.26 Å². The number of benzene rings is 2. The highest BCUT2D eigenvalue weighted by molar-refractivity contribution is 7.89. The van der Waals surface area contributed by atoms with Crippen LogP contribution < -0.4 is 16.0 Å². The number of nitrogens with one attached hydrogen (secondary N) is 4. The smallest absolute Gasteiger partial charge is 0.227 e. The van der Waals surface area contributed by atoms with E-state index < -0.39 is 15.6 Å². The largest absolute Gasteiger partial charge is 0.343 e. The van der Waals surface area contributed by atoms with E-state index in [1.54, 1.807) is 24.5 Å². The second-order valence-corrected chi connectivity index (χ2v) is 9.62. The first kappa shape index (κ1) is 19.9. The average molecular weight is 426 g/mol. The Morgan fingerprint density at radius 1 is 1.13 bits per heavy atom. The molecular weight excluding hydrogens is 402 g/mol. The zero-order valence-electron chi connectivity index (χ0n) is 16.9. The number of fused-ring (bicyclic) bond motifs is 1. The number of guanidine groups is 1. The molecular formula is C20H23N7O2S. The number of hydrogen-bond donors (Lipinski definition) is 4. The third kappa shape index (κ3) is 4.60. The first-order valence-corrected chi connectivity index (χ1v) is 11.4. The number of sulfone groups is 1. The van der Waals surface area contributed by atoms with E-state index in [4.69, 9.17) is 0 Å². The monoisotopic (exact) mass is 425 g/mol. The van der Waals surface area contributed by atoms with Crippen LogP contribution in [0, 0.1) is 6.92 Å². The Hall–Kier alpha value is -3.40. The van der Waals surface area contributed by atoms with Crippen LogP contribution in [-0.2, 0) is 15.6 Å². The number of aromatic nitrogens is 2. The molecule has 10 heteroatoms. The third-order valence-electron chi connectivity index (χ3n) is 4.59. The van der Waals surface area contributed by atoms with Gasteiger partial charge in [-0.15, -0.1) is 0 Å². The molecule has 0 bridgehead atoms. The van der Waals surface area contributed by atoms with Gasteiger partial charge in [-0.2, -0.15) is 5.10 Å². The molecule has 0 amide bonds. The molecule has 0 fully saturated rings. The number of aliphatic imine (C=N–C) groups is 2. The van der Waals surface area contributed by atoms with Gasteiger partial charge in [-0.25, -0.2) is 18.4 Å². The highest BCUT2D eigenvalue weighted by Gasteiger charge is 2.25. The summed E-state index contributed by atoms with van der Waals surface area (Å²) in [5.41, 5.74) is 4.16. The number of H-pyrrole nitrogens is 1. The van der Waals surface area contributed by atoms with Crippen LogP contribution in [-0.4, -0.2) is 43.0 Å². The van der Waals surface area contributed by atoms with E-state index in [0.717, 1.165) is 28.0 Å². The van der Waals surface area contributed by atoms with Crippen molar-refractivity contribution in [2.45, 2.75) is 25.4 Å². The van der Waals surface area contributed by atoms with Crippen LogP contribution in [0.15, 0.2) is 52.4 Å². The van der Waals surface area contributed by atoms with Crippen LogP contribution in [0.25, 0.3) is 10.9 Å². The van der Waals surface area contributed by atoms with Crippen molar-refractivity contribution in [2.75, 3.05) is 16.9 Å². The molecule has 0 aliphatic carbocycles. The van der Waals surface area contributed by atoms with Crippen LogP contribution in [0.5, 0.6) is 0 Å². The lowest BCUT2D eigenvalue weighted by Crippen LogP contribution is -2.42. The predicted molar refractivity (Wildman–Crippen MR) is 121 cm³/mol. The summed E-state index contributed by atoms with van der Waals surface area (Å²) >= 11 is 0. The van der Waals surface area contributed by atoms with Crippen molar-refractivity contribution in [1.82, 2.24) is 15.5 Å². The molecule has 9 nitrogen and oxygen atoms in total. The Balaban J connectivity index is 1.52. The molecule has 3 aromatic rings. The number of aryl methyl sites for hydroxylation is 1. The van der Waals surface area contributed by atoms with Crippen LogP contribution in [0.1, 0.15) is 18.2 Å². The van der Waals surface area contributed by atoms with Crippen molar-refractivity contribution in [3.8, 4) is 0 Å². The summed E-state index contributed by atoms with van der Waals surface area (Å²) < 4.78 is 23.1. The SMILES string of the molecule is Cc1[nH]nc2cc(NC3(C)N=CNC(Nc4cccc(CS(C)(=O)=O)c4)=N3)ccc12. The number of nitrogens with zero attached hydrogens (tertiary/aromatic N) is 3. The quantitative estimate of drug-likeness (QED) is 0.498. The molecule has 2 aromatic carbocycles. The van der Waals surface area contributed by atoms with Gasteiger partial charge >= 0.3 is 0 Å². The van der Waals surface area contributed by atoms with E-state index in [9.17, 15) is 8.42 Å². The fourth-order valence-corrected chi connectivity index (χ4v) is 4.08. The lowest BCUT2D eigenvalue weighted by Gasteiger charge is -2.28. The molecule has 4 rings (SSSR count). The summed E-state index contributed by atoms with van der Waals surface area (Å²) in [6.45, 7) is 3.83. The van der Waals surface area contributed by atoms with Gasteiger partial charge in [-0.1, -0.05) is 12.1 Å². The molecule has 1 unspecified atom stereocenters. The van der Waals surface area contributed by atoms with Crippen molar-refractivity contribution < 1.29 is 8.42 Å². The van der Waals surface area contributed by atoms with Gasteiger partial charge in [-0.05, 0) is 42.8 Å². The van der Waals surface area contributed by atoms with Crippen molar-refractivity contribution in [3.05, 3.63) is 53.7 Å². The Morgan fingerprint density at radius 3 is 2.77 bits per heavy atom. The first-order valence-electron chi connectivity index (χ1n) is 9.36. The zero-order valence-corrected chi connectivity index (χ0v) is 17.7. The normalized spacial score (nSPS) is 18.7. The molecule has 0 saturated heterocycles. The van der Waals surface area contributed by atoms with E-state index in [0.29, 0.717) is 11.5 Å². The number of anilines is 2. The molecule has 1 aliphatic rings. The molecule has 2 heterocycles. The summed E-state index contributed by atoms with van der Waals surface area (Å²) in [5.74, 6) is -0.442. The van der Waals surface area contributed by atoms with Gasteiger partial charge < -0.3 is 16.0 Å². The maximum atomic E-state index is 11.6. The molecule has 0 radical (unpaired) electrons. The van der Waals surface area contributed by atoms with Crippen LogP contribution in [0.2, 0.25) is 0 Å². The van der Waals surface area contributed by atoms with Crippen LogP contribution in [0.4, 0.5) is 11.4 Å². The number of aromatic amines is 1. The summed E-state index contributed by atoms with van der Waals surface area (Å²) in [6, 6.07) is 13.1. The van der Waals surface area contributed by atoms with Gasteiger partial charge in [0.1, 0.15) is 0 Å². The van der Waals surface area contributed by atoms with Gasteiger partial charge in [0.05, 0.1) is 17.6 Å². The molecule has 30 heavy (non-hydrogen) atoms. The Morgan fingerprint density at radius 2 is 1.97 bits per heavy atom. The maximum absolute atomic E-state index is 11.6. The molecule has 1 aliphatic heterocycles. The molecule has 0 saturated carbocycles. The Kier molecular flexibility index (Phi) is 4.94. The average Bonchev–Trinajstić information content (AvgIpc) is 3.00. The standard InChI is InChI=1S/C20H23N7O2S/c1-13-17-8-7-16(10-18(17)27-26-13)24-20(2)22-12-21-19(25-20)23-15-6-4-5-14(9-15)11-30(3,28)29/h4-10,12,24H,11H2,1-3H3,(H,26,27)(H2,21,22,23,25). The minimum absolute atomic E-state index is 0.0156. The van der Waals surface area contributed by atoms with Gasteiger partial charge in [-0.3, -0.25) is 5.10 Å². The lowest BCUT2D eigenvalue weighted by atomic mass is 10.2. The van der Waals surface area contributed by atoms with Crippen molar-refractivity contribution in [2.24, 2.45) is 9.98 Å². The zero-order chi connectivity index (χ0) is 21.4. The van der Waals surface area contributed by atoms with E-state index in [-0.39, 0.29) is 5.75 Å². The Bertz CT molecular complexity index is 1260. The topological polar surface area (TPSA) is 124 Å². The second-order valence-electron chi connectivity index (χ2n) is 7.48. The van der Waals surface area contributed by atoms with E-state index in [1.807, 2.05) is 38.1 Å². The van der Waals surface area contributed by atoms with Gasteiger partial charge in [0.15, 0.2) is 9.84 Å². The third-order valence-corrected chi connectivity index (χ3v) is 5.45. The maximum Gasteiger partial charge on any atom is 0.227 e. The van der Waals surface area contributed by atoms with Crippen LogP contribution >= 0.6 is 0 Å². The van der Waals surface area contributed by atoms with Gasteiger partial charge in [0, 0.05) is 35.6 Å². The van der Waals surface area contributed by atoms with Crippen molar-refractivity contribution in [1.29, 1.82) is 0 Å². The lowest BCUT2D eigenvalue weighted by molar-refractivity contribution is 0.563. The summed E-state index contributed by atoms with van der Waals surface area (Å²) in [7, 11) is -3.11. The number of hydrogen-bond acceptors (Lipinski definition) is 8. The molecule has 1 atom stereocenters. The first-order chi connectivity index (χ1) is 14.2. The molecule has 156 valence electrons.